The van der Waals surface area contributed by atoms with Crippen molar-refractivity contribution in [2.24, 2.45) is 0 Å². The maximum Gasteiger partial charge on any atom is 0.414 e. The molecule has 2 N–H and O–H groups in total. The molecule has 0 aliphatic carbocycles. The van der Waals surface area contributed by atoms with Gasteiger partial charge < -0.3 is 15.4 Å². The topological polar surface area (TPSA) is 53.6 Å². The third-order valence-corrected chi connectivity index (χ3v) is 3.07. The molecule has 5 nitrogen and oxygen atoms in total. The summed E-state index contributed by atoms with van der Waals surface area (Å²) in [4.78, 5) is 13.1. The Kier molecular flexibility index (Phi) is 2.60. The molecular formula is C12H15N3O2. The number of ether oxygens (including phenoxy) is 1. The van der Waals surface area contributed by atoms with Gasteiger partial charge in [0.25, 0.3) is 0 Å². The summed E-state index contributed by atoms with van der Waals surface area (Å²) in [5, 5.41) is 6.63. The minimum atomic E-state index is -0.257. The van der Waals surface area contributed by atoms with E-state index in [9.17, 15) is 4.79 Å². The second kappa shape index (κ2) is 4.25. The standard InChI is InChI=1S/C12H15N3O2/c16-12-15(4-5-17-12)11-3-1-2-9(6-11)14-10-7-13-8-10/h1-3,6,10,13-14H,4-5,7-8H2. The Morgan fingerprint density at radius 2 is 2.29 bits per heavy atom. The molecule has 2 aliphatic rings. The van der Waals surface area contributed by atoms with E-state index in [4.69, 9.17) is 4.74 Å². The third-order valence-electron chi connectivity index (χ3n) is 3.07. The van der Waals surface area contributed by atoms with E-state index in [-0.39, 0.29) is 6.09 Å². The highest BCUT2D eigenvalue weighted by atomic mass is 16.6. The predicted molar refractivity (Wildman–Crippen MR) is 65.4 cm³/mol. The van der Waals surface area contributed by atoms with E-state index in [2.05, 4.69) is 10.6 Å². The molecule has 3 rings (SSSR count). The van der Waals surface area contributed by atoms with Gasteiger partial charge in [-0.2, -0.15) is 0 Å². The lowest BCUT2D eigenvalue weighted by Gasteiger charge is -2.29. The van der Waals surface area contributed by atoms with Crippen LogP contribution >= 0.6 is 0 Å². The zero-order chi connectivity index (χ0) is 11.7. The number of hydrogen-bond donors (Lipinski definition) is 2. The molecule has 1 aromatic carbocycles. The summed E-state index contributed by atoms with van der Waals surface area (Å²) in [5.41, 5.74) is 1.94. The lowest BCUT2D eigenvalue weighted by Crippen LogP contribution is -2.51. The fraction of sp³-hybridized carbons (Fsp3) is 0.417. The Labute approximate surface area is 99.7 Å². The number of hydrogen-bond acceptors (Lipinski definition) is 4. The van der Waals surface area contributed by atoms with Crippen LogP contribution in [0.4, 0.5) is 16.2 Å². The molecule has 90 valence electrons. The molecule has 0 bridgehead atoms. The van der Waals surface area contributed by atoms with Crippen molar-refractivity contribution in [3.05, 3.63) is 24.3 Å². The molecule has 2 fully saturated rings. The first-order chi connectivity index (χ1) is 8.33. The van der Waals surface area contributed by atoms with Gasteiger partial charge in [0.2, 0.25) is 0 Å². The average Bonchev–Trinajstić information content (AvgIpc) is 2.71. The van der Waals surface area contributed by atoms with Gasteiger partial charge in [-0.3, -0.25) is 4.90 Å². The molecule has 2 saturated heterocycles. The normalized spacial score (nSPS) is 20.0. The lowest BCUT2D eigenvalue weighted by molar-refractivity contribution is 0.181. The van der Waals surface area contributed by atoms with Gasteiger partial charge in [0.15, 0.2) is 0 Å². The predicted octanol–water partition coefficient (Wildman–Crippen LogP) is 1.03. The van der Waals surface area contributed by atoms with Crippen molar-refractivity contribution >= 4 is 17.5 Å². The van der Waals surface area contributed by atoms with Crippen LogP contribution in [0.15, 0.2) is 24.3 Å². The van der Waals surface area contributed by atoms with Crippen LogP contribution < -0.4 is 15.5 Å². The Hall–Kier alpha value is -1.75. The van der Waals surface area contributed by atoms with E-state index in [1.165, 1.54) is 0 Å². The highest BCUT2D eigenvalue weighted by Gasteiger charge is 2.24. The first kappa shape index (κ1) is 10.4. The SMILES string of the molecule is O=C1OCCN1c1cccc(NC2CNC2)c1. The summed E-state index contributed by atoms with van der Waals surface area (Å²) >= 11 is 0. The number of anilines is 2. The van der Waals surface area contributed by atoms with Gasteiger partial charge in [-0.25, -0.2) is 4.79 Å². The zero-order valence-corrected chi connectivity index (χ0v) is 9.48. The van der Waals surface area contributed by atoms with E-state index < -0.39 is 0 Å². The maximum absolute atomic E-state index is 11.4. The molecule has 2 aliphatic heterocycles. The second-order valence-corrected chi connectivity index (χ2v) is 4.32. The molecule has 0 aromatic heterocycles. The van der Waals surface area contributed by atoms with E-state index in [0.717, 1.165) is 24.5 Å². The first-order valence-electron chi connectivity index (χ1n) is 5.84. The largest absolute Gasteiger partial charge is 0.447 e. The Bertz CT molecular complexity index is 432. The summed E-state index contributed by atoms with van der Waals surface area (Å²) in [6.07, 6.45) is -0.257. The molecule has 0 spiro atoms. The number of nitrogens with one attached hydrogen (secondary N) is 2. The summed E-state index contributed by atoms with van der Waals surface area (Å²) < 4.78 is 4.93. The van der Waals surface area contributed by atoms with E-state index in [1.807, 2.05) is 24.3 Å². The quantitative estimate of drug-likeness (QED) is 0.818. The molecule has 0 unspecified atom stereocenters. The van der Waals surface area contributed by atoms with Gasteiger partial charge in [-0.1, -0.05) is 6.07 Å². The molecular weight excluding hydrogens is 218 g/mol. The van der Waals surface area contributed by atoms with Gasteiger partial charge in [0.1, 0.15) is 6.61 Å². The van der Waals surface area contributed by atoms with Crippen molar-refractivity contribution in [3.63, 3.8) is 0 Å². The van der Waals surface area contributed by atoms with Gasteiger partial charge >= 0.3 is 6.09 Å². The van der Waals surface area contributed by atoms with E-state index >= 15 is 0 Å². The molecule has 2 heterocycles. The monoisotopic (exact) mass is 233 g/mol. The minimum absolute atomic E-state index is 0.257. The highest BCUT2D eigenvalue weighted by molar-refractivity contribution is 5.89. The van der Waals surface area contributed by atoms with Crippen molar-refractivity contribution in [2.45, 2.75) is 6.04 Å². The van der Waals surface area contributed by atoms with Gasteiger partial charge in [-0.15, -0.1) is 0 Å². The fourth-order valence-electron chi connectivity index (χ4n) is 2.02. The summed E-state index contributed by atoms with van der Waals surface area (Å²) in [7, 11) is 0. The first-order valence-corrected chi connectivity index (χ1v) is 5.84. The van der Waals surface area contributed by atoms with Crippen LogP contribution in [0, 0.1) is 0 Å². The smallest absolute Gasteiger partial charge is 0.414 e. The lowest BCUT2D eigenvalue weighted by atomic mass is 10.1. The summed E-state index contributed by atoms with van der Waals surface area (Å²) in [6.45, 7) is 3.10. The van der Waals surface area contributed by atoms with Crippen molar-refractivity contribution in [2.75, 3.05) is 36.5 Å². The van der Waals surface area contributed by atoms with Crippen molar-refractivity contribution < 1.29 is 9.53 Å². The van der Waals surface area contributed by atoms with Crippen LogP contribution in [0.2, 0.25) is 0 Å². The number of rotatable bonds is 3. The molecule has 1 aromatic rings. The van der Waals surface area contributed by atoms with E-state index in [0.29, 0.717) is 19.2 Å². The number of cyclic esters (lactones) is 1. The second-order valence-electron chi connectivity index (χ2n) is 4.32. The van der Waals surface area contributed by atoms with Crippen LogP contribution in [0.25, 0.3) is 0 Å². The van der Waals surface area contributed by atoms with Gasteiger partial charge in [0.05, 0.1) is 12.6 Å². The van der Waals surface area contributed by atoms with Crippen molar-refractivity contribution in [1.29, 1.82) is 0 Å². The Morgan fingerprint density at radius 1 is 1.41 bits per heavy atom. The van der Waals surface area contributed by atoms with Crippen LogP contribution in [0.3, 0.4) is 0 Å². The van der Waals surface area contributed by atoms with Gasteiger partial charge in [0, 0.05) is 24.5 Å². The zero-order valence-electron chi connectivity index (χ0n) is 9.48. The van der Waals surface area contributed by atoms with E-state index in [1.54, 1.807) is 4.90 Å². The fourth-order valence-corrected chi connectivity index (χ4v) is 2.02. The summed E-state index contributed by atoms with van der Waals surface area (Å²) in [5.74, 6) is 0. The Morgan fingerprint density at radius 3 is 2.94 bits per heavy atom. The van der Waals surface area contributed by atoms with Crippen molar-refractivity contribution in [1.82, 2.24) is 5.32 Å². The van der Waals surface area contributed by atoms with Gasteiger partial charge in [-0.05, 0) is 18.2 Å². The van der Waals surface area contributed by atoms with Crippen LogP contribution in [0.1, 0.15) is 0 Å². The van der Waals surface area contributed by atoms with Crippen LogP contribution in [-0.2, 0) is 4.74 Å². The number of amides is 1. The molecule has 17 heavy (non-hydrogen) atoms. The average molecular weight is 233 g/mol. The Balaban J connectivity index is 1.75. The molecule has 0 saturated carbocycles. The van der Waals surface area contributed by atoms with Crippen molar-refractivity contribution in [3.8, 4) is 0 Å². The maximum atomic E-state index is 11.4. The number of benzene rings is 1. The molecule has 1 amide bonds. The molecule has 5 heteroatoms. The number of carbonyl (C=O) groups excluding carboxylic acids is 1. The van der Waals surface area contributed by atoms with Crippen LogP contribution in [0.5, 0.6) is 0 Å². The minimum Gasteiger partial charge on any atom is -0.447 e. The number of carbonyl (C=O) groups is 1. The summed E-state index contributed by atoms with van der Waals surface area (Å²) in [6, 6.07) is 8.39. The van der Waals surface area contributed by atoms with Crippen LogP contribution in [-0.4, -0.2) is 38.4 Å². The third kappa shape index (κ3) is 2.06. The number of nitrogens with zero attached hydrogens (tertiary/aromatic N) is 1. The molecule has 0 radical (unpaired) electrons. The highest BCUT2D eigenvalue weighted by Crippen LogP contribution is 2.23. The molecule has 0 atom stereocenters.